The second-order valence-electron chi connectivity index (χ2n) is 5.42. The molecule has 26 heavy (non-hydrogen) atoms. The fraction of sp³-hybridized carbons (Fsp3) is 0.0500. The van der Waals surface area contributed by atoms with Crippen LogP contribution in [0.15, 0.2) is 78.2 Å². The predicted molar refractivity (Wildman–Crippen MR) is 109 cm³/mol. The Kier molecular flexibility index (Phi) is 6.32. The molecule has 1 N–H and O–H groups in total. The lowest BCUT2D eigenvalue weighted by Gasteiger charge is -2.06. The summed E-state index contributed by atoms with van der Waals surface area (Å²) < 4.78 is 6.96. The van der Waals surface area contributed by atoms with Gasteiger partial charge >= 0.3 is 0 Å². The summed E-state index contributed by atoms with van der Waals surface area (Å²) in [6, 6.07) is 19.0. The van der Waals surface area contributed by atoms with Crippen LogP contribution in [0.3, 0.4) is 0 Å². The van der Waals surface area contributed by atoms with E-state index < -0.39 is 0 Å². The SMILES string of the molecule is O=C(N/N=C\c1ccc(OCc2ccc(I)cc2)cc1)c1ccncc1. The van der Waals surface area contributed by atoms with Crippen molar-refractivity contribution in [2.24, 2.45) is 5.10 Å². The number of rotatable bonds is 6. The number of hydrogen-bond donors (Lipinski definition) is 1. The molecule has 1 amide bonds. The fourth-order valence-electron chi connectivity index (χ4n) is 2.13. The minimum absolute atomic E-state index is 0.277. The summed E-state index contributed by atoms with van der Waals surface area (Å²) in [4.78, 5) is 15.7. The molecule has 0 atom stereocenters. The van der Waals surface area contributed by atoms with E-state index >= 15 is 0 Å². The topological polar surface area (TPSA) is 63.6 Å². The van der Waals surface area contributed by atoms with E-state index in [-0.39, 0.29) is 5.91 Å². The van der Waals surface area contributed by atoms with E-state index in [2.05, 4.69) is 50.2 Å². The number of carbonyl (C=O) groups is 1. The van der Waals surface area contributed by atoms with Crippen LogP contribution in [0.2, 0.25) is 0 Å². The largest absolute Gasteiger partial charge is 0.489 e. The molecule has 5 nitrogen and oxygen atoms in total. The van der Waals surface area contributed by atoms with Crippen LogP contribution in [-0.2, 0) is 6.61 Å². The van der Waals surface area contributed by atoms with Gasteiger partial charge in [-0.05, 0) is 82.2 Å². The van der Waals surface area contributed by atoms with Crippen LogP contribution in [-0.4, -0.2) is 17.1 Å². The summed E-state index contributed by atoms with van der Waals surface area (Å²) in [7, 11) is 0. The number of hydrogen-bond acceptors (Lipinski definition) is 4. The zero-order valence-electron chi connectivity index (χ0n) is 13.8. The molecule has 3 aromatic rings. The van der Waals surface area contributed by atoms with Crippen LogP contribution in [0.5, 0.6) is 5.75 Å². The first kappa shape index (κ1) is 18.1. The molecule has 0 radical (unpaired) electrons. The van der Waals surface area contributed by atoms with Crippen molar-refractivity contribution >= 4 is 34.7 Å². The number of carbonyl (C=O) groups excluding carboxylic acids is 1. The smallest absolute Gasteiger partial charge is 0.271 e. The maximum Gasteiger partial charge on any atom is 0.271 e. The molecule has 0 unspecified atom stereocenters. The molecule has 1 heterocycles. The normalized spacial score (nSPS) is 10.7. The minimum Gasteiger partial charge on any atom is -0.489 e. The van der Waals surface area contributed by atoms with E-state index in [0.29, 0.717) is 12.2 Å². The van der Waals surface area contributed by atoms with Crippen molar-refractivity contribution in [1.82, 2.24) is 10.4 Å². The van der Waals surface area contributed by atoms with Crippen LogP contribution >= 0.6 is 22.6 Å². The molecule has 0 bridgehead atoms. The zero-order valence-corrected chi connectivity index (χ0v) is 16.0. The first-order chi connectivity index (χ1) is 12.7. The van der Waals surface area contributed by atoms with E-state index in [0.717, 1.165) is 16.9 Å². The average molecular weight is 457 g/mol. The van der Waals surface area contributed by atoms with Gasteiger partial charge in [-0.25, -0.2) is 5.43 Å². The summed E-state index contributed by atoms with van der Waals surface area (Å²) >= 11 is 2.28. The van der Waals surface area contributed by atoms with E-state index in [1.165, 1.54) is 3.57 Å². The Morgan fingerprint density at radius 1 is 1.04 bits per heavy atom. The molecule has 1 aromatic heterocycles. The minimum atomic E-state index is -0.277. The monoisotopic (exact) mass is 457 g/mol. The molecule has 3 rings (SSSR count). The number of nitrogens with zero attached hydrogens (tertiary/aromatic N) is 2. The second-order valence-corrected chi connectivity index (χ2v) is 6.66. The van der Waals surface area contributed by atoms with E-state index in [1.54, 1.807) is 30.7 Å². The van der Waals surface area contributed by atoms with Gasteiger partial charge in [0.15, 0.2) is 0 Å². The number of ether oxygens (including phenoxy) is 1. The lowest BCUT2D eigenvalue weighted by atomic mass is 10.2. The van der Waals surface area contributed by atoms with Crippen molar-refractivity contribution < 1.29 is 9.53 Å². The summed E-state index contributed by atoms with van der Waals surface area (Å²) in [6.45, 7) is 0.520. The number of benzene rings is 2. The van der Waals surface area contributed by atoms with Gasteiger partial charge in [0.25, 0.3) is 5.91 Å². The summed E-state index contributed by atoms with van der Waals surface area (Å²) in [5.41, 5.74) is 4.98. The maximum atomic E-state index is 11.9. The van der Waals surface area contributed by atoms with Crippen LogP contribution in [0.1, 0.15) is 21.5 Å². The first-order valence-electron chi connectivity index (χ1n) is 7.91. The third kappa shape index (κ3) is 5.38. The molecule has 0 saturated heterocycles. The highest BCUT2D eigenvalue weighted by molar-refractivity contribution is 14.1. The van der Waals surface area contributed by atoms with Crippen molar-refractivity contribution in [2.75, 3.05) is 0 Å². The number of nitrogens with one attached hydrogen (secondary N) is 1. The molecule has 2 aromatic carbocycles. The lowest BCUT2D eigenvalue weighted by Crippen LogP contribution is -2.17. The van der Waals surface area contributed by atoms with Crippen molar-refractivity contribution in [3.8, 4) is 5.75 Å². The van der Waals surface area contributed by atoms with Crippen molar-refractivity contribution in [1.29, 1.82) is 0 Å². The number of pyridine rings is 1. The molecule has 0 fully saturated rings. The Balaban J connectivity index is 1.51. The standard InChI is InChI=1S/C20H16IN3O2/c21-18-5-1-16(2-6-18)14-26-19-7-3-15(4-8-19)13-23-24-20(25)17-9-11-22-12-10-17/h1-13H,14H2,(H,24,25)/b23-13-. The van der Waals surface area contributed by atoms with Gasteiger partial charge in [0.05, 0.1) is 6.21 Å². The summed E-state index contributed by atoms with van der Waals surface area (Å²) in [6.07, 6.45) is 4.71. The van der Waals surface area contributed by atoms with Gasteiger partial charge in [-0.2, -0.15) is 5.10 Å². The summed E-state index contributed by atoms with van der Waals surface area (Å²) in [5.74, 6) is 0.502. The van der Waals surface area contributed by atoms with E-state index in [1.807, 2.05) is 36.4 Å². The maximum absolute atomic E-state index is 11.9. The van der Waals surface area contributed by atoms with Crippen molar-refractivity contribution in [3.05, 3.63) is 93.3 Å². The lowest BCUT2D eigenvalue weighted by molar-refractivity contribution is 0.0955. The third-order valence-corrected chi connectivity index (χ3v) is 4.24. The highest BCUT2D eigenvalue weighted by atomic mass is 127. The number of amides is 1. The van der Waals surface area contributed by atoms with Crippen LogP contribution in [0, 0.1) is 3.57 Å². The van der Waals surface area contributed by atoms with Crippen LogP contribution in [0.25, 0.3) is 0 Å². The van der Waals surface area contributed by atoms with Gasteiger partial charge in [-0.15, -0.1) is 0 Å². The van der Waals surface area contributed by atoms with Crippen LogP contribution < -0.4 is 10.2 Å². The van der Waals surface area contributed by atoms with Gasteiger partial charge in [0.2, 0.25) is 0 Å². The Hall–Kier alpha value is -2.74. The zero-order chi connectivity index (χ0) is 18.2. The van der Waals surface area contributed by atoms with Gasteiger partial charge in [0.1, 0.15) is 12.4 Å². The van der Waals surface area contributed by atoms with Crippen molar-refractivity contribution in [3.63, 3.8) is 0 Å². The van der Waals surface area contributed by atoms with E-state index in [9.17, 15) is 4.79 Å². The Morgan fingerprint density at radius 3 is 2.42 bits per heavy atom. The third-order valence-electron chi connectivity index (χ3n) is 3.52. The number of aromatic nitrogens is 1. The Bertz CT molecular complexity index is 879. The fourth-order valence-corrected chi connectivity index (χ4v) is 2.49. The predicted octanol–water partition coefficient (Wildman–Crippen LogP) is 4.03. The number of hydrazone groups is 1. The molecular weight excluding hydrogens is 441 g/mol. The van der Waals surface area contributed by atoms with Gasteiger partial charge < -0.3 is 4.74 Å². The highest BCUT2D eigenvalue weighted by Gasteiger charge is 2.02. The molecule has 0 saturated carbocycles. The molecular formula is C20H16IN3O2. The molecule has 0 aliphatic rings. The molecule has 0 aliphatic heterocycles. The average Bonchev–Trinajstić information content (AvgIpc) is 2.69. The first-order valence-corrected chi connectivity index (χ1v) is 8.99. The summed E-state index contributed by atoms with van der Waals surface area (Å²) in [5, 5.41) is 3.96. The quantitative estimate of drug-likeness (QED) is 0.346. The second kappa shape index (κ2) is 9.10. The number of halogens is 1. The molecule has 6 heteroatoms. The molecule has 0 spiro atoms. The molecule has 130 valence electrons. The Morgan fingerprint density at radius 2 is 1.73 bits per heavy atom. The molecule has 0 aliphatic carbocycles. The highest BCUT2D eigenvalue weighted by Crippen LogP contribution is 2.14. The van der Waals surface area contributed by atoms with E-state index in [4.69, 9.17) is 4.74 Å². The van der Waals surface area contributed by atoms with Crippen molar-refractivity contribution in [2.45, 2.75) is 6.61 Å². The Labute approximate surface area is 165 Å². The van der Waals surface area contributed by atoms with Gasteiger partial charge in [-0.1, -0.05) is 12.1 Å². The van der Waals surface area contributed by atoms with Gasteiger partial charge in [0, 0.05) is 21.5 Å². The van der Waals surface area contributed by atoms with Crippen LogP contribution in [0.4, 0.5) is 0 Å². The van der Waals surface area contributed by atoms with Gasteiger partial charge in [-0.3, -0.25) is 9.78 Å².